The van der Waals surface area contributed by atoms with E-state index in [9.17, 15) is 22.8 Å². The fourth-order valence-electron chi connectivity index (χ4n) is 3.44. The van der Waals surface area contributed by atoms with Gasteiger partial charge in [-0.3, -0.25) is 14.5 Å². The number of carbonyl (C=O) groups is 3. The summed E-state index contributed by atoms with van der Waals surface area (Å²) in [5.41, 5.74) is 0.825. The van der Waals surface area contributed by atoms with Crippen molar-refractivity contribution in [1.29, 1.82) is 0 Å². The number of ether oxygens (including phenoxy) is 1. The van der Waals surface area contributed by atoms with Crippen molar-refractivity contribution < 1.29 is 27.5 Å². The summed E-state index contributed by atoms with van der Waals surface area (Å²) in [6.45, 7) is 4.34. The largest absolute Gasteiger partial charge is 0.379 e. The quantitative estimate of drug-likeness (QED) is 0.603. The molecule has 1 atom stereocenters. The Kier molecular flexibility index (Phi) is 6.74. The summed E-state index contributed by atoms with van der Waals surface area (Å²) in [5, 5.41) is 5.14. The number of hydrogen-bond acceptors (Lipinski definition) is 6. The number of rotatable bonds is 7. The number of sulfonamides is 1. The Labute approximate surface area is 175 Å². The van der Waals surface area contributed by atoms with E-state index in [0.717, 1.165) is 11.3 Å². The van der Waals surface area contributed by atoms with Crippen molar-refractivity contribution in [3.63, 3.8) is 0 Å². The average Bonchev–Trinajstić information content (AvgIpc) is 2.97. The van der Waals surface area contributed by atoms with E-state index < -0.39 is 40.5 Å². The highest BCUT2D eigenvalue weighted by molar-refractivity contribution is 7.89. The molecule has 3 rings (SSSR count). The van der Waals surface area contributed by atoms with Crippen LogP contribution in [-0.2, 0) is 24.3 Å². The number of hydrogen-bond donors (Lipinski definition) is 2. The number of morpholine rings is 1. The summed E-state index contributed by atoms with van der Waals surface area (Å²) in [5.74, 6) is -1.02. The van der Waals surface area contributed by atoms with Crippen molar-refractivity contribution in [2.24, 2.45) is 0 Å². The maximum Gasteiger partial charge on any atom is 0.325 e. The molecule has 30 heavy (non-hydrogen) atoms. The number of nitrogens with one attached hydrogen (secondary N) is 2. The second kappa shape index (κ2) is 9.11. The van der Waals surface area contributed by atoms with Gasteiger partial charge in [-0.05, 0) is 31.0 Å². The number of aryl methyl sites for hydroxylation is 1. The molecule has 0 radical (unpaired) electrons. The van der Waals surface area contributed by atoms with Crippen LogP contribution in [0.3, 0.4) is 0 Å². The molecule has 1 unspecified atom stereocenters. The van der Waals surface area contributed by atoms with Crippen molar-refractivity contribution in [3.8, 4) is 0 Å². The Hall–Kier alpha value is -2.50. The van der Waals surface area contributed by atoms with Crippen LogP contribution in [0.25, 0.3) is 0 Å². The van der Waals surface area contributed by atoms with E-state index in [1.165, 1.54) is 10.4 Å². The second-order valence-electron chi connectivity index (χ2n) is 7.26. The van der Waals surface area contributed by atoms with Crippen LogP contribution >= 0.6 is 0 Å². The predicted molar refractivity (Wildman–Crippen MR) is 108 cm³/mol. The van der Waals surface area contributed by atoms with Crippen molar-refractivity contribution in [3.05, 3.63) is 23.8 Å². The summed E-state index contributed by atoms with van der Waals surface area (Å²) in [4.78, 5) is 37.6. The third-order valence-electron chi connectivity index (χ3n) is 5.05. The molecule has 4 amide bonds. The lowest BCUT2D eigenvalue weighted by Gasteiger charge is -2.27. The highest BCUT2D eigenvalue weighted by atomic mass is 32.2. The molecule has 1 aromatic carbocycles. The normalized spacial score (nSPS) is 20.3. The van der Waals surface area contributed by atoms with E-state index >= 15 is 0 Å². The van der Waals surface area contributed by atoms with Gasteiger partial charge in [0.15, 0.2) is 0 Å². The number of nitrogens with zero attached hydrogens (tertiary/aromatic N) is 2. The van der Waals surface area contributed by atoms with Gasteiger partial charge in [0, 0.05) is 18.8 Å². The standard InChI is InChI=1S/C19H26N4O6S/c1-3-4-15-18(25)23(19(26)21-15)12-17(24)20-14-6-5-13(2)16(11-14)30(27,28)22-7-9-29-10-8-22/h5-6,11,15H,3-4,7-10,12H2,1-2H3,(H,20,24)(H,21,26). The molecule has 0 saturated carbocycles. The minimum Gasteiger partial charge on any atom is -0.379 e. The molecule has 1 aromatic rings. The Balaban J connectivity index is 1.71. The van der Waals surface area contributed by atoms with Gasteiger partial charge < -0.3 is 15.4 Å². The average molecular weight is 439 g/mol. The van der Waals surface area contributed by atoms with Crippen molar-refractivity contribution in [1.82, 2.24) is 14.5 Å². The molecule has 2 saturated heterocycles. The van der Waals surface area contributed by atoms with Crippen LogP contribution in [0, 0.1) is 6.92 Å². The molecule has 164 valence electrons. The molecule has 0 aromatic heterocycles. The molecular formula is C19H26N4O6S. The molecule has 0 spiro atoms. The van der Waals surface area contributed by atoms with Crippen LogP contribution in [0.4, 0.5) is 10.5 Å². The Morgan fingerprint density at radius 2 is 1.97 bits per heavy atom. The molecule has 2 N–H and O–H groups in total. The first-order valence-electron chi connectivity index (χ1n) is 9.84. The molecule has 0 bridgehead atoms. The van der Waals surface area contributed by atoms with E-state index in [2.05, 4.69) is 10.6 Å². The summed E-state index contributed by atoms with van der Waals surface area (Å²) >= 11 is 0. The molecule has 10 nitrogen and oxygen atoms in total. The maximum absolute atomic E-state index is 13.0. The van der Waals surface area contributed by atoms with Gasteiger partial charge in [-0.2, -0.15) is 4.31 Å². The van der Waals surface area contributed by atoms with Gasteiger partial charge in [0.2, 0.25) is 15.9 Å². The lowest BCUT2D eigenvalue weighted by Crippen LogP contribution is -2.41. The second-order valence-corrected chi connectivity index (χ2v) is 9.17. The monoisotopic (exact) mass is 438 g/mol. The first-order chi connectivity index (χ1) is 14.2. The van der Waals surface area contributed by atoms with Crippen LogP contribution in [0.1, 0.15) is 25.3 Å². The van der Waals surface area contributed by atoms with E-state index in [0.29, 0.717) is 25.2 Å². The van der Waals surface area contributed by atoms with E-state index in [1.807, 2.05) is 6.92 Å². The molecular weight excluding hydrogens is 412 g/mol. The SMILES string of the molecule is CCCC1NC(=O)N(CC(=O)Nc2ccc(C)c(S(=O)(=O)N3CCOCC3)c2)C1=O. The highest BCUT2D eigenvalue weighted by Crippen LogP contribution is 2.24. The molecule has 2 fully saturated rings. The van der Waals surface area contributed by atoms with Crippen LogP contribution in [0.15, 0.2) is 23.1 Å². The summed E-state index contributed by atoms with van der Waals surface area (Å²) < 4.78 is 32.5. The summed E-state index contributed by atoms with van der Waals surface area (Å²) in [6, 6.07) is 3.36. The molecule has 0 aliphatic carbocycles. The van der Waals surface area contributed by atoms with Crippen LogP contribution in [-0.4, -0.2) is 74.4 Å². The van der Waals surface area contributed by atoms with Gasteiger partial charge in [-0.25, -0.2) is 13.2 Å². The molecule has 2 aliphatic rings. The topological polar surface area (TPSA) is 125 Å². The zero-order valence-electron chi connectivity index (χ0n) is 17.0. The van der Waals surface area contributed by atoms with Gasteiger partial charge in [-0.1, -0.05) is 19.4 Å². The first kappa shape index (κ1) is 22.2. The summed E-state index contributed by atoms with van der Waals surface area (Å²) in [6.07, 6.45) is 1.23. The van der Waals surface area contributed by atoms with Crippen molar-refractivity contribution in [2.75, 3.05) is 38.2 Å². The van der Waals surface area contributed by atoms with Crippen LogP contribution in [0.5, 0.6) is 0 Å². The predicted octanol–water partition coefficient (Wildman–Crippen LogP) is 0.675. The molecule has 2 heterocycles. The van der Waals surface area contributed by atoms with Crippen LogP contribution < -0.4 is 10.6 Å². The number of amides is 4. The fraction of sp³-hybridized carbons (Fsp3) is 0.526. The van der Waals surface area contributed by atoms with E-state index in [-0.39, 0.29) is 23.7 Å². The maximum atomic E-state index is 13.0. The smallest absolute Gasteiger partial charge is 0.325 e. The molecule has 11 heteroatoms. The van der Waals surface area contributed by atoms with Crippen LogP contribution in [0.2, 0.25) is 0 Å². The minimum absolute atomic E-state index is 0.0974. The zero-order valence-corrected chi connectivity index (χ0v) is 17.8. The van der Waals surface area contributed by atoms with Gasteiger partial charge in [0.05, 0.1) is 18.1 Å². The van der Waals surface area contributed by atoms with E-state index in [1.54, 1.807) is 19.1 Å². The zero-order chi connectivity index (χ0) is 21.9. The first-order valence-corrected chi connectivity index (χ1v) is 11.3. The lowest BCUT2D eigenvalue weighted by atomic mass is 10.2. The minimum atomic E-state index is -3.73. The molecule has 2 aliphatic heterocycles. The number of imide groups is 1. The van der Waals surface area contributed by atoms with Crippen molar-refractivity contribution >= 4 is 33.6 Å². The van der Waals surface area contributed by atoms with Gasteiger partial charge >= 0.3 is 6.03 Å². The fourth-order valence-corrected chi connectivity index (χ4v) is 5.10. The Morgan fingerprint density at radius 1 is 1.27 bits per heavy atom. The van der Waals surface area contributed by atoms with E-state index in [4.69, 9.17) is 4.74 Å². The van der Waals surface area contributed by atoms with Gasteiger partial charge in [-0.15, -0.1) is 0 Å². The number of carbonyl (C=O) groups excluding carboxylic acids is 3. The van der Waals surface area contributed by atoms with Crippen molar-refractivity contribution in [2.45, 2.75) is 37.6 Å². The third kappa shape index (κ3) is 4.63. The number of urea groups is 1. The Morgan fingerprint density at radius 3 is 2.63 bits per heavy atom. The van der Waals surface area contributed by atoms with Gasteiger partial charge in [0.25, 0.3) is 5.91 Å². The van der Waals surface area contributed by atoms with Gasteiger partial charge in [0.1, 0.15) is 12.6 Å². The number of anilines is 1. The third-order valence-corrected chi connectivity index (χ3v) is 7.09. The Bertz CT molecular complexity index is 942. The highest BCUT2D eigenvalue weighted by Gasteiger charge is 2.38. The lowest BCUT2D eigenvalue weighted by molar-refractivity contribution is -0.130. The summed E-state index contributed by atoms with van der Waals surface area (Å²) in [7, 11) is -3.73. The number of benzene rings is 1.